The Kier molecular flexibility index (Phi) is 5.85. The Morgan fingerprint density at radius 3 is 2.43 bits per heavy atom. The van der Waals surface area contributed by atoms with Gasteiger partial charge in [0.1, 0.15) is 17.6 Å². The van der Waals surface area contributed by atoms with Gasteiger partial charge < -0.3 is 9.73 Å². The number of furan rings is 1. The summed E-state index contributed by atoms with van der Waals surface area (Å²) in [5.74, 6) is -1.87. The third-order valence-electron chi connectivity index (χ3n) is 6.55. The van der Waals surface area contributed by atoms with E-state index in [1.807, 2.05) is 25.1 Å². The quantitative estimate of drug-likeness (QED) is 0.387. The molecule has 186 valence electrons. The maximum Gasteiger partial charge on any atom is 0.308 e. The fraction of sp³-hybridized carbons (Fsp3) is 0.185. The van der Waals surface area contributed by atoms with E-state index in [0.717, 1.165) is 16.9 Å². The fourth-order valence-electron chi connectivity index (χ4n) is 4.84. The first-order chi connectivity index (χ1) is 17.9. The molecule has 2 aromatic carbocycles. The van der Waals surface area contributed by atoms with Gasteiger partial charge >= 0.3 is 4.87 Å². The summed E-state index contributed by atoms with van der Waals surface area (Å²) < 4.78 is 7.10. The molecule has 3 atom stereocenters. The van der Waals surface area contributed by atoms with Crippen molar-refractivity contribution in [1.82, 2.24) is 4.57 Å². The highest BCUT2D eigenvalue weighted by Gasteiger charge is 2.57. The van der Waals surface area contributed by atoms with Gasteiger partial charge in [0.15, 0.2) is 0 Å². The molecule has 0 saturated carbocycles. The molecule has 1 N–H and O–H groups in total. The van der Waals surface area contributed by atoms with Crippen molar-refractivity contribution in [3.05, 3.63) is 98.9 Å². The zero-order valence-corrected chi connectivity index (χ0v) is 21.3. The minimum absolute atomic E-state index is 0.210. The normalized spacial score (nSPS) is 20.6. The lowest BCUT2D eigenvalue weighted by Gasteiger charge is -2.29. The number of thiazole rings is 1. The first kappa shape index (κ1) is 23.5. The van der Waals surface area contributed by atoms with Crippen LogP contribution in [-0.4, -0.2) is 27.5 Å². The minimum atomic E-state index is -0.754. The van der Waals surface area contributed by atoms with Gasteiger partial charge in [-0.05, 0) is 43.3 Å². The molecule has 1 saturated heterocycles. The second-order valence-corrected chi connectivity index (χ2v) is 11.1. The molecule has 4 heterocycles. The van der Waals surface area contributed by atoms with Gasteiger partial charge in [-0.25, -0.2) is 4.90 Å². The standard InChI is InChI=1S/C27H21N3O5S2/c1-15-9-11-16(12-10-15)28-19(31)14-29-26-23(37-27(29)34)20(18-8-5-13-35-18)21-22(36-26)25(33)30(24(21)32)17-6-3-2-4-7-17/h2-13,20-22H,14H2,1H3,(H,28,31)/t20-,21-,22+/m0/s1. The van der Waals surface area contributed by atoms with Crippen LogP contribution in [-0.2, 0) is 20.9 Å². The summed E-state index contributed by atoms with van der Waals surface area (Å²) in [5.41, 5.74) is 2.20. The van der Waals surface area contributed by atoms with Crippen LogP contribution in [0.2, 0.25) is 0 Å². The van der Waals surface area contributed by atoms with Crippen LogP contribution in [0.3, 0.4) is 0 Å². The van der Waals surface area contributed by atoms with E-state index >= 15 is 0 Å². The summed E-state index contributed by atoms with van der Waals surface area (Å²) in [6.07, 6.45) is 1.51. The van der Waals surface area contributed by atoms with E-state index in [4.69, 9.17) is 4.42 Å². The lowest BCUT2D eigenvalue weighted by Crippen LogP contribution is -2.32. The van der Waals surface area contributed by atoms with Crippen molar-refractivity contribution in [2.45, 2.75) is 29.7 Å². The molecular weight excluding hydrogens is 510 g/mol. The van der Waals surface area contributed by atoms with Gasteiger partial charge in [0, 0.05) is 5.69 Å². The number of hydrogen-bond donors (Lipinski definition) is 1. The van der Waals surface area contributed by atoms with Gasteiger partial charge in [-0.2, -0.15) is 0 Å². The second kappa shape index (κ2) is 9.20. The number of nitrogens with zero attached hydrogens (tertiary/aromatic N) is 2. The van der Waals surface area contributed by atoms with E-state index in [1.165, 1.54) is 27.5 Å². The molecular formula is C27H21N3O5S2. The third-order valence-corrected chi connectivity index (χ3v) is 9.15. The predicted octanol–water partition coefficient (Wildman–Crippen LogP) is 4.25. The SMILES string of the molecule is Cc1ccc(NC(=O)Cn2c3c(sc2=O)[C@@H](c2ccco2)[C@@H]2C(=O)N(c4ccccc4)C(=O)[C@@H]2S3)cc1. The van der Waals surface area contributed by atoms with Gasteiger partial charge in [0.25, 0.3) is 0 Å². The molecule has 37 heavy (non-hydrogen) atoms. The molecule has 0 bridgehead atoms. The van der Waals surface area contributed by atoms with Crippen LogP contribution in [0, 0.1) is 12.8 Å². The summed E-state index contributed by atoms with van der Waals surface area (Å²) >= 11 is 2.16. The molecule has 0 aliphatic carbocycles. The lowest BCUT2D eigenvalue weighted by molar-refractivity contribution is -0.122. The summed E-state index contributed by atoms with van der Waals surface area (Å²) in [7, 11) is 0. The molecule has 8 nitrogen and oxygen atoms in total. The largest absolute Gasteiger partial charge is 0.469 e. The van der Waals surface area contributed by atoms with Gasteiger partial charge in [0.2, 0.25) is 17.7 Å². The number of nitrogens with one attached hydrogen (secondary N) is 1. The van der Waals surface area contributed by atoms with Crippen LogP contribution in [0.1, 0.15) is 22.1 Å². The van der Waals surface area contributed by atoms with Gasteiger partial charge in [-0.1, -0.05) is 59.0 Å². The number of fused-ring (bicyclic) bond motifs is 2. The molecule has 0 spiro atoms. The van der Waals surface area contributed by atoms with Crippen molar-refractivity contribution in [3.63, 3.8) is 0 Å². The van der Waals surface area contributed by atoms with Gasteiger partial charge in [0.05, 0.1) is 33.7 Å². The van der Waals surface area contributed by atoms with E-state index in [2.05, 4.69) is 5.32 Å². The minimum Gasteiger partial charge on any atom is -0.469 e. The molecule has 2 aliphatic heterocycles. The van der Waals surface area contributed by atoms with Crippen LogP contribution in [0.15, 0.2) is 87.2 Å². The van der Waals surface area contributed by atoms with Crippen LogP contribution >= 0.6 is 23.1 Å². The number of benzene rings is 2. The number of para-hydroxylation sites is 1. The molecule has 0 unspecified atom stereocenters. The van der Waals surface area contributed by atoms with Gasteiger partial charge in [-0.15, -0.1) is 0 Å². The van der Waals surface area contributed by atoms with Crippen LogP contribution < -0.4 is 15.1 Å². The number of thioether (sulfide) groups is 1. The highest BCUT2D eigenvalue weighted by molar-refractivity contribution is 8.00. The van der Waals surface area contributed by atoms with Crippen molar-refractivity contribution in [2.75, 3.05) is 10.2 Å². The zero-order valence-electron chi connectivity index (χ0n) is 19.6. The van der Waals surface area contributed by atoms with E-state index in [-0.39, 0.29) is 29.1 Å². The number of carbonyl (C=O) groups is 3. The second-order valence-electron chi connectivity index (χ2n) is 8.94. The summed E-state index contributed by atoms with van der Waals surface area (Å²) in [4.78, 5) is 54.7. The molecule has 10 heteroatoms. The van der Waals surface area contributed by atoms with Crippen LogP contribution in [0.5, 0.6) is 0 Å². The average molecular weight is 532 g/mol. The maximum atomic E-state index is 13.7. The number of rotatable bonds is 5. The lowest BCUT2D eigenvalue weighted by atomic mass is 9.87. The monoisotopic (exact) mass is 531 g/mol. The molecule has 6 rings (SSSR count). The van der Waals surface area contributed by atoms with Crippen molar-refractivity contribution in [2.24, 2.45) is 5.92 Å². The van der Waals surface area contributed by atoms with E-state index in [9.17, 15) is 19.2 Å². The number of amides is 3. The molecule has 2 aromatic heterocycles. The van der Waals surface area contributed by atoms with E-state index in [0.29, 0.717) is 27.0 Å². The zero-order chi connectivity index (χ0) is 25.7. The first-order valence-electron chi connectivity index (χ1n) is 11.7. The summed E-state index contributed by atoms with van der Waals surface area (Å²) in [6.45, 7) is 1.75. The molecule has 4 aromatic rings. The number of carbonyl (C=O) groups excluding carboxylic acids is 3. The topological polar surface area (TPSA) is 102 Å². The highest BCUT2D eigenvalue weighted by Crippen LogP contribution is 2.53. The highest BCUT2D eigenvalue weighted by atomic mass is 32.2. The fourth-order valence-corrected chi connectivity index (χ4v) is 7.60. The number of hydrogen-bond acceptors (Lipinski definition) is 7. The van der Waals surface area contributed by atoms with Crippen molar-refractivity contribution < 1.29 is 18.8 Å². The Hall–Kier alpha value is -3.89. The number of anilines is 2. The molecule has 0 radical (unpaired) electrons. The summed E-state index contributed by atoms with van der Waals surface area (Å²) in [6, 6.07) is 19.7. The molecule has 2 aliphatic rings. The van der Waals surface area contributed by atoms with Crippen LogP contribution in [0.4, 0.5) is 11.4 Å². The van der Waals surface area contributed by atoms with Crippen molar-refractivity contribution >= 4 is 52.2 Å². The molecule has 1 fully saturated rings. The third kappa shape index (κ3) is 4.02. The van der Waals surface area contributed by atoms with Crippen molar-refractivity contribution in [1.29, 1.82) is 0 Å². The number of imide groups is 1. The smallest absolute Gasteiger partial charge is 0.308 e. The Bertz CT molecular complexity index is 1560. The maximum absolute atomic E-state index is 13.7. The first-order valence-corrected chi connectivity index (χ1v) is 13.3. The number of aromatic nitrogens is 1. The van der Waals surface area contributed by atoms with E-state index in [1.54, 1.807) is 48.5 Å². The van der Waals surface area contributed by atoms with E-state index < -0.39 is 17.1 Å². The van der Waals surface area contributed by atoms with Crippen molar-refractivity contribution in [3.8, 4) is 0 Å². The van der Waals surface area contributed by atoms with Gasteiger partial charge in [-0.3, -0.25) is 23.7 Å². The number of aryl methyl sites for hydroxylation is 1. The Morgan fingerprint density at radius 1 is 0.973 bits per heavy atom. The Morgan fingerprint density at radius 2 is 1.73 bits per heavy atom. The Labute approximate surface area is 219 Å². The molecule has 3 amide bonds. The Balaban J connectivity index is 1.38. The van der Waals surface area contributed by atoms with Crippen LogP contribution in [0.25, 0.3) is 0 Å². The predicted molar refractivity (Wildman–Crippen MR) is 141 cm³/mol. The summed E-state index contributed by atoms with van der Waals surface area (Å²) in [5, 5.41) is 2.59. The average Bonchev–Trinajstić information content (AvgIpc) is 3.59.